The predicted octanol–water partition coefficient (Wildman–Crippen LogP) is 0.888. The van der Waals surface area contributed by atoms with Gasteiger partial charge in [-0.3, -0.25) is 4.79 Å². The number of fused-ring (bicyclic) bond motifs is 1. The summed E-state index contributed by atoms with van der Waals surface area (Å²) in [5.74, 6) is 0.830. The molecular weight excluding hydrogens is 354 g/mol. The van der Waals surface area contributed by atoms with Crippen molar-refractivity contribution in [1.82, 2.24) is 4.90 Å². The molecule has 8 heteroatoms. The van der Waals surface area contributed by atoms with Crippen molar-refractivity contribution in [2.45, 2.75) is 13.0 Å². The number of benzene rings is 1. The number of hydrogen-bond donors (Lipinski definition) is 2. The zero-order chi connectivity index (χ0) is 19.4. The van der Waals surface area contributed by atoms with Crippen molar-refractivity contribution < 1.29 is 28.9 Å². The fourth-order valence-electron chi connectivity index (χ4n) is 2.92. The molecular formula is C19H21NO7. The maximum absolute atomic E-state index is 12.6. The SMILES string of the molecule is Cc1cc(C2COc3ccccc3O2)oc(=O)c1C(=O)N(CCO)CCO. The van der Waals surface area contributed by atoms with E-state index in [0.29, 0.717) is 17.1 Å². The van der Waals surface area contributed by atoms with Crippen LogP contribution in [0.5, 0.6) is 11.5 Å². The lowest BCUT2D eigenvalue weighted by Crippen LogP contribution is -2.39. The Bertz CT molecular complexity index is 871. The molecule has 27 heavy (non-hydrogen) atoms. The molecule has 2 aromatic rings. The molecule has 1 atom stereocenters. The number of para-hydroxylation sites is 2. The number of aliphatic hydroxyl groups is 2. The normalized spacial score (nSPS) is 15.4. The number of aryl methyl sites for hydroxylation is 1. The van der Waals surface area contributed by atoms with Gasteiger partial charge in [0.05, 0.1) is 13.2 Å². The van der Waals surface area contributed by atoms with Gasteiger partial charge in [-0.2, -0.15) is 0 Å². The van der Waals surface area contributed by atoms with Gasteiger partial charge < -0.3 is 29.0 Å². The lowest BCUT2D eigenvalue weighted by Gasteiger charge is -2.26. The van der Waals surface area contributed by atoms with E-state index in [9.17, 15) is 9.59 Å². The average Bonchev–Trinajstić information content (AvgIpc) is 2.66. The molecule has 1 aliphatic rings. The number of nitrogens with zero attached hydrogens (tertiary/aromatic N) is 1. The summed E-state index contributed by atoms with van der Waals surface area (Å²) >= 11 is 0. The minimum Gasteiger partial charge on any atom is -0.485 e. The van der Waals surface area contributed by atoms with Crippen LogP contribution in [0.25, 0.3) is 0 Å². The van der Waals surface area contributed by atoms with Crippen molar-refractivity contribution in [2.75, 3.05) is 32.9 Å². The molecule has 0 bridgehead atoms. The highest BCUT2D eigenvalue weighted by molar-refractivity contribution is 5.95. The van der Waals surface area contributed by atoms with Gasteiger partial charge in [-0.05, 0) is 30.7 Å². The summed E-state index contributed by atoms with van der Waals surface area (Å²) in [7, 11) is 0. The minimum atomic E-state index is -0.793. The Morgan fingerprint density at radius 3 is 2.48 bits per heavy atom. The first-order chi connectivity index (χ1) is 13.0. The van der Waals surface area contributed by atoms with Crippen molar-refractivity contribution in [1.29, 1.82) is 0 Å². The fourth-order valence-corrected chi connectivity index (χ4v) is 2.92. The molecule has 0 aliphatic carbocycles. The van der Waals surface area contributed by atoms with Crippen LogP contribution in [-0.4, -0.2) is 53.9 Å². The van der Waals surface area contributed by atoms with E-state index in [1.54, 1.807) is 25.1 Å². The molecule has 0 saturated heterocycles. The molecule has 1 aliphatic heterocycles. The fraction of sp³-hybridized carbons (Fsp3) is 0.368. The van der Waals surface area contributed by atoms with Crippen molar-refractivity contribution >= 4 is 5.91 Å². The molecule has 144 valence electrons. The van der Waals surface area contributed by atoms with Crippen molar-refractivity contribution in [2.24, 2.45) is 0 Å². The molecule has 8 nitrogen and oxygen atoms in total. The third kappa shape index (κ3) is 3.96. The molecule has 0 spiro atoms. The van der Waals surface area contributed by atoms with Crippen molar-refractivity contribution in [3.05, 3.63) is 57.6 Å². The van der Waals surface area contributed by atoms with E-state index in [1.807, 2.05) is 12.1 Å². The van der Waals surface area contributed by atoms with Crippen LogP contribution in [0.4, 0.5) is 0 Å². The van der Waals surface area contributed by atoms with E-state index >= 15 is 0 Å². The van der Waals surface area contributed by atoms with Gasteiger partial charge in [0.2, 0.25) is 0 Å². The summed E-state index contributed by atoms with van der Waals surface area (Å²) in [6.07, 6.45) is -0.610. The van der Waals surface area contributed by atoms with Crippen molar-refractivity contribution in [3.8, 4) is 11.5 Å². The molecule has 2 N–H and O–H groups in total. The number of amides is 1. The first kappa shape index (κ1) is 18.9. The Morgan fingerprint density at radius 2 is 1.85 bits per heavy atom. The monoisotopic (exact) mass is 375 g/mol. The summed E-state index contributed by atoms with van der Waals surface area (Å²) in [5.41, 5.74) is -0.495. The third-order valence-electron chi connectivity index (χ3n) is 4.23. The second-order valence-corrected chi connectivity index (χ2v) is 6.10. The quantitative estimate of drug-likeness (QED) is 0.771. The molecule has 1 unspecified atom stereocenters. The number of hydrogen-bond acceptors (Lipinski definition) is 7. The van der Waals surface area contributed by atoms with Crippen LogP contribution in [0.15, 0.2) is 39.5 Å². The van der Waals surface area contributed by atoms with E-state index < -0.39 is 17.6 Å². The Morgan fingerprint density at radius 1 is 1.19 bits per heavy atom. The second-order valence-electron chi connectivity index (χ2n) is 6.10. The summed E-state index contributed by atoms with van der Waals surface area (Å²) in [4.78, 5) is 26.3. The Labute approximate surface area is 155 Å². The van der Waals surface area contributed by atoms with Gasteiger partial charge in [0.25, 0.3) is 5.91 Å². The highest BCUT2D eigenvalue weighted by Crippen LogP contribution is 2.35. The number of rotatable bonds is 6. The molecule has 1 aromatic heterocycles. The lowest BCUT2D eigenvalue weighted by molar-refractivity contribution is 0.0659. The lowest BCUT2D eigenvalue weighted by atomic mass is 10.1. The molecule has 0 saturated carbocycles. The zero-order valence-corrected chi connectivity index (χ0v) is 14.9. The van der Waals surface area contributed by atoms with Gasteiger partial charge >= 0.3 is 5.63 Å². The highest BCUT2D eigenvalue weighted by Gasteiger charge is 2.28. The standard InChI is InChI=1S/C19H21NO7/c1-12-10-15(16-11-25-13-4-2-3-5-14(13)26-16)27-19(24)17(12)18(23)20(6-8-21)7-9-22/h2-5,10,16,21-22H,6-9,11H2,1H3. The highest BCUT2D eigenvalue weighted by atomic mass is 16.6. The molecule has 2 heterocycles. The largest absolute Gasteiger partial charge is 0.485 e. The van der Waals surface area contributed by atoms with E-state index in [-0.39, 0.29) is 44.2 Å². The van der Waals surface area contributed by atoms with E-state index in [2.05, 4.69) is 0 Å². The predicted molar refractivity (Wildman–Crippen MR) is 95.1 cm³/mol. The first-order valence-corrected chi connectivity index (χ1v) is 8.59. The van der Waals surface area contributed by atoms with Gasteiger partial charge in [-0.1, -0.05) is 12.1 Å². The van der Waals surface area contributed by atoms with Crippen LogP contribution in [0, 0.1) is 6.92 Å². The maximum atomic E-state index is 12.6. The van der Waals surface area contributed by atoms with E-state index in [0.717, 1.165) is 0 Å². The van der Waals surface area contributed by atoms with Crippen LogP contribution in [0.1, 0.15) is 27.8 Å². The number of carbonyl (C=O) groups excluding carboxylic acids is 1. The molecule has 0 fully saturated rings. The zero-order valence-electron chi connectivity index (χ0n) is 14.9. The summed E-state index contributed by atoms with van der Waals surface area (Å²) in [5, 5.41) is 18.2. The van der Waals surface area contributed by atoms with E-state index in [1.165, 1.54) is 4.90 Å². The van der Waals surface area contributed by atoms with Gasteiger partial charge in [0.1, 0.15) is 12.2 Å². The van der Waals surface area contributed by atoms with E-state index in [4.69, 9.17) is 24.1 Å². The molecule has 1 amide bonds. The Balaban J connectivity index is 1.87. The van der Waals surface area contributed by atoms with Crippen LogP contribution >= 0.6 is 0 Å². The Kier molecular flexibility index (Phi) is 5.78. The number of carbonyl (C=O) groups is 1. The first-order valence-electron chi connectivity index (χ1n) is 8.59. The van der Waals surface area contributed by atoms with Gasteiger partial charge in [0.15, 0.2) is 23.4 Å². The van der Waals surface area contributed by atoms with Gasteiger partial charge in [-0.25, -0.2) is 4.79 Å². The van der Waals surface area contributed by atoms with Gasteiger partial charge in [-0.15, -0.1) is 0 Å². The van der Waals surface area contributed by atoms with Crippen LogP contribution in [-0.2, 0) is 0 Å². The van der Waals surface area contributed by atoms with Crippen LogP contribution in [0.2, 0.25) is 0 Å². The second kappa shape index (κ2) is 8.24. The molecule has 1 aromatic carbocycles. The third-order valence-corrected chi connectivity index (χ3v) is 4.23. The summed E-state index contributed by atoms with van der Waals surface area (Å²) < 4.78 is 16.8. The topological polar surface area (TPSA) is 109 Å². The van der Waals surface area contributed by atoms with Crippen LogP contribution in [0.3, 0.4) is 0 Å². The van der Waals surface area contributed by atoms with Gasteiger partial charge in [0, 0.05) is 13.1 Å². The molecule has 0 radical (unpaired) electrons. The smallest absolute Gasteiger partial charge is 0.349 e. The number of aliphatic hydroxyl groups excluding tert-OH is 2. The summed E-state index contributed by atoms with van der Waals surface area (Å²) in [6.45, 7) is 1.27. The Hall–Kier alpha value is -2.84. The van der Waals surface area contributed by atoms with Crippen molar-refractivity contribution in [3.63, 3.8) is 0 Å². The maximum Gasteiger partial charge on any atom is 0.349 e. The summed E-state index contributed by atoms with van der Waals surface area (Å²) in [6, 6.07) is 8.76. The number of ether oxygens (including phenoxy) is 2. The minimum absolute atomic E-state index is 0.0103. The molecule has 3 rings (SSSR count). The van der Waals surface area contributed by atoms with Crippen LogP contribution < -0.4 is 15.1 Å². The average molecular weight is 375 g/mol.